The van der Waals surface area contributed by atoms with Gasteiger partial charge in [-0.3, -0.25) is 9.59 Å². The molecule has 2 rings (SSSR count). The van der Waals surface area contributed by atoms with E-state index in [9.17, 15) is 27.9 Å². The second kappa shape index (κ2) is 6.80. The molecule has 1 heterocycles. The number of amides is 1. The van der Waals surface area contributed by atoms with Crippen LogP contribution in [0.1, 0.15) is 30.4 Å². The molecule has 132 valence electrons. The molecule has 1 aromatic carbocycles. The molecule has 0 unspecified atom stereocenters. The molecule has 0 aromatic heterocycles. The minimum atomic E-state index is -4.48. The molecule has 1 saturated heterocycles. The summed E-state index contributed by atoms with van der Waals surface area (Å²) in [6.45, 7) is 0.311. The number of aliphatic hydroxyl groups is 1. The highest BCUT2D eigenvalue weighted by Gasteiger charge is 2.38. The van der Waals surface area contributed by atoms with Gasteiger partial charge in [0.1, 0.15) is 6.42 Å². The van der Waals surface area contributed by atoms with Crippen molar-refractivity contribution in [2.75, 3.05) is 20.2 Å². The third kappa shape index (κ3) is 4.05. The van der Waals surface area contributed by atoms with Crippen LogP contribution in [-0.4, -0.2) is 42.1 Å². The van der Waals surface area contributed by atoms with Gasteiger partial charge in [-0.25, -0.2) is 0 Å². The highest BCUT2D eigenvalue weighted by Crippen LogP contribution is 2.36. The Hall–Kier alpha value is -2.09. The molecule has 0 saturated carbocycles. The molecule has 1 aliphatic heterocycles. The van der Waals surface area contributed by atoms with Crippen LogP contribution < -0.4 is 0 Å². The second-order valence-electron chi connectivity index (χ2n) is 5.74. The zero-order valence-corrected chi connectivity index (χ0v) is 13.1. The van der Waals surface area contributed by atoms with Gasteiger partial charge in [0.15, 0.2) is 0 Å². The molecular weight excluding hydrogens is 327 g/mol. The fraction of sp³-hybridized carbons (Fsp3) is 0.500. The Morgan fingerprint density at radius 3 is 2.46 bits per heavy atom. The number of halogens is 3. The Labute approximate surface area is 137 Å². The van der Waals surface area contributed by atoms with Crippen molar-refractivity contribution in [3.63, 3.8) is 0 Å². The van der Waals surface area contributed by atoms with Gasteiger partial charge in [0.05, 0.1) is 18.3 Å². The van der Waals surface area contributed by atoms with E-state index < -0.39 is 35.6 Å². The van der Waals surface area contributed by atoms with Crippen LogP contribution in [0, 0.1) is 0 Å². The summed E-state index contributed by atoms with van der Waals surface area (Å²) >= 11 is 0. The molecule has 0 bridgehead atoms. The van der Waals surface area contributed by atoms with E-state index in [2.05, 4.69) is 4.74 Å². The van der Waals surface area contributed by atoms with E-state index in [4.69, 9.17) is 0 Å². The smallest absolute Gasteiger partial charge is 0.416 e. The van der Waals surface area contributed by atoms with Gasteiger partial charge in [0.2, 0.25) is 5.91 Å². The molecule has 5 nitrogen and oxygen atoms in total. The molecule has 0 aliphatic carbocycles. The van der Waals surface area contributed by atoms with Gasteiger partial charge in [-0.2, -0.15) is 13.2 Å². The lowest BCUT2D eigenvalue weighted by Gasteiger charge is -2.38. The third-order valence-electron chi connectivity index (χ3n) is 4.19. The van der Waals surface area contributed by atoms with Crippen LogP contribution in [0.3, 0.4) is 0 Å². The van der Waals surface area contributed by atoms with E-state index >= 15 is 0 Å². The maximum atomic E-state index is 12.8. The Morgan fingerprint density at radius 1 is 1.29 bits per heavy atom. The fourth-order valence-corrected chi connectivity index (χ4v) is 2.71. The number of benzene rings is 1. The van der Waals surface area contributed by atoms with Crippen LogP contribution in [0.4, 0.5) is 13.2 Å². The van der Waals surface area contributed by atoms with Crippen molar-refractivity contribution in [1.29, 1.82) is 0 Å². The number of piperidine rings is 1. The lowest BCUT2D eigenvalue weighted by molar-refractivity contribution is -0.148. The maximum absolute atomic E-state index is 12.8. The summed E-state index contributed by atoms with van der Waals surface area (Å²) in [7, 11) is 1.18. The Bertz CT molecular complexity index is 622. The molecule has 1 aromatic rings. The van der Waals surface area contributed by atoms with Crippen molar-refractivity contribution < 1.29 is 32.6 Å². The van der Waals surface area contributed by atoms with E-state index in [0.29, 0.717) is 0 Å². The number of carbonyl (C=O) groups excluding carboxylic acids is 2. The van der Waals surface area contributed by atoms with Crippen molar-refractivity contribution in [1.82, 2.24) is 4.90 Å². The van der Waals surface area contributed by atoms with E-state index in [0.717, 1.165) is 12.1 Å². The molecule has 0 atom stereocenters. The average Bonchev–Trinajstić information content (AvgIpc) is 2.54. The highest BCUT2D eigenvalue weighted by atomic mass is 19.4. The molecule has 1 fully saturated rings. The minimum Gasteiger partial charge on any atom is -0.469 e. The quantitative estimate of drug-likeness (QED) is 0.673. The summed E-state index contributed by atoms with van der Waals surface area (Å²) < 4.78 is 42.8. The largest absolute Gasteiger partial charge is 0.469 e. The van der Waals surface area contributed by atoms with E-state index in [1.54, 1.807) is 0 Å². The van der Waals surface area contributed by atoms with Gasteiger partial charge in [-0.05, 0) is 30.5 Å². The van der Waals surface area contributed by atoms with Gasteiger partial charge >= 0.3 is 12.1 Å². The number of esters is 1. The number of alkyl halides is 3. The topological polar surface area (TPSA) is 66.8 Å². The molecule has 8 heteroatoms. The zero-order chi connectivity index (χ0) is 18.0. The standard InChI is InChI=1S/C16H18F3NO4/c1-24-14(22)10-13(21)20-7-5-15(23,6-8-20)11-3-2-4-12(9-11)16(17,18)19/h2-4,9,23H,5-8,10H2,1H3. The molecule has 24 heavy (non-hydrogen) atoms. The van der Waals surface area contributed by atoms with Gasteiger partial charge in [0, 0.05) is 13.1 Å². The third-order valence-corrected chi connectivity index (χ3v) is 4.19. The first-order chi connectivity index (χ1) is 11.2. The number of carbonyl (C=O) groups is 2. The first-order valence-corrected chi connectivity index (χ1v) is 7.40. The monoisotopic (exact) mass is 345 g/mol. The van der Waals surface area contributed by atoms with Gasteiger partial charge in [-0.15, -0.1) is 0 Å². The van der Waals surface area contributed by atoms with Gasteiger partial charge in [0.25, 0.3) is 0 Å². The normalized spacial score (nSPS) is 17.5. The number of methoxy groups -OCH3 is 1. The minimum absolute atomic E-state index is 0.0984. The second-order valence-corrected chi connectivity index (χ2v) is 5.74. The predicted octanol–water partition coefficient (Wildman–Crippen LogP) is 2.08. The van der Waals surface area contributed by atoms with Crippen molar-refractivity contribution in [2.45, 2.75) is 31.0 Å². The van der Waals surface area contributed by atoms with Gasteiger partial charge in [-0.1, -0.05) is 12.1 Å². The lowest BCUT2D eigenvalue weighted by atomic mass is 9.83. The maximum Gasteiger partial charge on any atom is 0.416 e. The average molecular weight is 345 g/mol. The number of rotatable bonds is 3. The molecule has 1 N–H and O–H groups in total. The summed E-state index contributed by atoms with van der Waals surface area (Å²) in [5, 5.41) is 10.7. The van der Waals surface area contributed by atoms with Crippen molar-refractivity contribution in [3.8, 4) is 0 Å². The number of hydrogen-bond donors (Lipinski definition) is 1. The van der Waals surface area contributed by atoms with Gasteiger partial charge < -0.3 is 14.7 Å². The number of likely N-dealkylation sites (tertiary alicyclic amines) is 1. The summed E-state index contributed by atoms with van der Waals surface area (Å²) in [4.78, 5) is 24.4. The Balaban J connectivity index is 2.07. The van der Waals surface area contributed by atoms with Crippen LogP contribution in [-0.2, 0) is 26.1 Å². The number of nitrogens with zero attached hydrogens (tertiary/aromatic N) is 1. The predicted molar refractivity (Wildman–Crippen MR) is 77.8 cm³/mol. The van der Waals surface area contributed by atoms with Crippen LogP contribution in [0.25, 0.3) is 0 Å². The summed E-state index contributed by atoms with van der Waals surface area (Å²) in [5.41, 5.74) is -2.07. The zero-order valence-electron chi connectivity index (χ0n) is 13.1. The van der Waals surface area contributed by atoms with Crippen molar-refractivity contribution in [2.24, 2.45) is 0 Å². The summed E-state index contributed by atoms with van der Waals surface area (Å²) in [5.74, 6) is -1.08. The lowest BCUT2D eigenvalue weighted by Crippen LogP contribution is -2.45. The number of hydrogen-bond acceptors (Lipinski definition) is 4. The van der Waals surface area contributed by atoms with Crippen molar-refractivity contribution >= 4 is 11.9 Å². The molecule has 1 amide bonds. The SMILES string of the molecule is COC(=O)CC(=O)N1CCC(O)(c2cccc(C(F)(F)F)c2)CC1. The molecule has 0 radical (unpaired) electrons. The van der Waals surface area contributed by atoms with E-state index in [1.165, 1.54) is 24.1 Å². The van der Waals surface area contributed by atoms with Crippen LogP contribution >= 0.6 is 0 Å². The van der Waals surface area contributed by atoms with Crippen LogP contribution in [0.15, 0.2) is 24.3 Å². The van der Waals surface area contributed by atoms with E-state index in [-0.39, 0.29) is 31.5 Å². The Morgan fingerprint density at radius 2 is 1.92 bits per heavy atom. The first-order valence-electron chi connectivity index (χ1n) is 7.40. The first kappa shape index (κ1) is 18.3. The molecule has 1 aliphatic rings. The molecular formula is C16H18F3NO4. The molecule has 0 spiro atoms. The van der Waals surface area contributed by atoms with Crippen LogP contribution in [0.5, 0.6) is 0 Å². The van der Waals surface area contributed by atoms with Crippen molar-refractivity contribution in [3.05, 3.63) is 35.4 Å². The van der Waals surface area contributed by atoms with Crippen LogP contribution in [0.2, 0.25) is 0 Å². The highest BCUT2D eigenvalue weighted by molar-refractivity contribution is 5.94. The van der Waals surface area contributed by atoms with E-state index in [1.807, 2.05) is 0 Å². The Kier molecular flexibility index (Phi) is 5.17. The summed E-state index contributed by atoms with van der Waals surface area (Å²) in [6, 6.07) is 4.58. The summed E-state index contributed by atoms with van der Waals surface area (Å²) in [6.07, 6.45) is -4.68. The fourth-order valence-electron chi connectivity index (χ4n) is 2.71. The number of ether oxygens (including phenoxy) is 1.